The van der Waals surface area contributed by atoms with Crippen LogP contribution in [-0.4, -0.2) is 41.8 Å². The number of carbonyl (C=O) groups is 1. The van der Waals surface area contributed by atoms with Crippen molar-refractivity contribution < 1.29 is 9.53 Å². The molecule has 196 valence electrons. The maximum Gasteiger partial charge on any atom is 0.266 e. The number of amides is 1. The van der Waals surface area contributed by atoms with Crippen LogP contribution in [0.1, 0.15) is 12.5 Å². The summed E-state index contributed by atoms with van der Waals surface area (Å²) in [6.45, 7) is 6.43. The molecule has 2 aromatic heterocycles. The Bertz CT molecular complexity index is 1720. The molecule has 5 aromatic rings. The number of fused-ring (bicyclic) bond motifs is 1. The molecule has 0 radical (unpaired) electrons. The second-order valence-electron chi connectivity index (χ2n) is 9.62. The van der Waals surface area contributed by atoms with E-state index in [1.54, 1.807) is 15.9 Å². The second-order valence-corrected chi connectivity index (χ2v) is 10.6. The van der Waals surface area contributed by atoms with Gasteiger partial charge in [0, 0.05) is 31.3 Å². The van der Waals surface area contributed by atoms with Gasteiger partial charge in [0.25, 0.3) is 5.56 Å². The highest BCUT2D eigenvalue weighted by Crippen LogP contribution is 2.43. The van der Waals surface area contributed by atoms with Gasteiger partial charge in [-0.25, -0.2) is 4.98 Å². The van der Waals surface area contributed by atoms with Gasteiger partial charge in [-0.15, -0.1) is 11.3 Å². The first-order chi connectivity index (χ1) is 19.0. The number of hydrogen-bond acceptors (Lipinski definition) is 6. The third kappa shape index (κ3) is 4.96. The van der Waals surface area contributed by atoms with Crippen molar-refractivity contribution >= 4 is 38.8 Å². The van der Waals surface area contributed by atoms with E-state index >= 15 is 0 Å². The summed E-state index contributed by atoms with van der Waals surface area (Å²) in [6, 6.07) is 25.4. The molecule has 39 heavy (non-hydrogen) atoms. The van der Waals surface area contributed by atoms with Crippen molar-refractivity contribution in [2.45, 2.75) is 13.8 Å². The van der Waals surface area contributed by atoms with Crippen molar-refractivity contribution in [3.05, 3.63) is 94.8 Å². The van der Waals surface area contributed by atoms with Crippen LogP contribution in [0, 0.1) is 6.92 Å². The lowest BCUT2D eigenvalue weighted by Gasteiger charge is -2.28. The fourth-order valence-electron chi connectivity index (χ4n) is 4.87. The Morgan fingerprint density at radius 2 is 1.69 bits per heavy atom. The van der Waals surface area contributed by atoms with E-state index in [9.17, 15) is 9.59 Å². The zero-order chi connectivity index (χ0) is 26.9. The van der Waals surface area contributed by atoms with E-state index in [0.717, 1.165) is 51.0 Å². The molecular weight excluding hydrogens is 508 g/mol. The topological polar surface area (TPSA) is 76.5 Å². The number of nitrogens with zero attached hydrogens (tertiary/aromatic N) is 3. The number of aromatic nitrogens is 2. The molecule has 7 nitrogen and oxygen atoms in total. The molecule has 1 fully saturated rings. The number of morpholine rings is 1. The fourth-order valence-corrected chi connectivity index (χ4v) is 6.08. The molecule has 0 unspecified atom stereocenters. The SMILES string of the molecule is CC(=O)Nc1ccc(-c2cc(-c3nc4ccccc4c(=O)n3-c3ccc(C)cc3)sc2N2CCOCC2)cc1. The van der Waals surface area contributed by atoms with E-state index in [4.69, 9.17) is 9.72 Å². The van der Waals surface area contributed by atoms with Crippen LogP contribution in [-0.2, 0) is 9.53 Å². The van der Waals surface area contributed by atoms with E-state index in [1.807, 2.05) is 79.7 Å². The Morgan fingerprint density at radius 3 is 2.41 bits per heavy atom. The first-order valence-corrected chi connectivity index (χ1v) is 13.7. The summed E-state index contributed by atoms with van der Waals surface area (Å²) in [4.78, 5) is 33.6. The molecule has 0 saturated carbocycles. The van der Waals surface area contributed by atoms with Crippen LogP contribution >= 0.6 is 11.3 Å². The average molecular weight is 537 g/mol. The third-order valence-corrected chi connectivity index (χ3v) is 8.01. The summed E-state index contributed by atoms with van der Waals surface area (Å²) in [5.41, 5.74) is 5.31. The van der Waals surface area contributed by atoms with Gasteiger partial charge in [0.05, 0.1) is 39.7 Å². The first-order valence-electron chi connectivity index (χ1n) is 12.9. The smallest absolute Gasteiger partial charge is 0.266 e. The predicted molar refractivity (Wildman–Crippen MR) is 158 cm³/mol. The summed E-state index contributed by atoms with van der Waals surface area (Å²) in [5, 5.41) is 4.53. The van der Waals surface area contributed by atoms with Crippen LogP contribution in [0.5, 0.6) is 0 Å². The molecule has 1 N–H and O–H groups in total. The minimum absolute atomic E-state index is 0.0954. The number of nitrogens with one attached hydrogen (secondary N) is 1. The number of carbonyl (C=O) groups excluding carboxylic acids is 1. The molecule has 3 aromatic carbocycles. The lowest BCUT2D eigenvalue weighted by molar-refractivity contribution is -0.114. The lowest BCUT2D eigenvalue weighted by atomic mass is 10.1. The van der Waals surface area contributed by atoms with Crippen LogP contribution in [0.3, 0.4) is 0 Å². The number of benzene rings is 3. The summed E-state index contributed by atoms with van der Waals surface area (Å²) in [5.74, 6) is 0.509. The molecule has 1 aliphatic heterocycles. The summed E-state index contributed by atoms with van der Waals surface area (Å²) >= 11 is 1.64. The largest absolute Gasteiger partial charge is 0.378 e. The van der Waals surface area contributed by atoms with Crippen LogP contribution < -0.4 is 15.8 Å². The molecule has 0 aliphatic carbocycles. The van der Waals surface area contributed by atoms with Crippen molar-refractivity contribution in [3.63, 3.8) is 0 Å². The quantitative estimate of drug-likeness (QED) is 0.303. The van der Waals surface area contributed by atoms with Crippen molar-refractivity contribution in [3.8, 4) is 27.5 Å². The highest BCUT2D eigenvalue weighted by molar-refractivity contribution is 7.20. The molecule has 6 rings (SSSR count). The maximum absolute atomic E-state index is 13.9. The zero-order valence-electron chi connectivity index (χ0n) is 21.8. The van der Waals surface area contributed by atoms with E-state index in [0.29, 0.717) is 29.9 Å². The maximum atomic E-state index is 13.9. The van der Waals surface area contributed by atoms with Gasteiger partial charge in [0.1, 0.15) is 0 Å². The Kier molecular flexibility index (Phi) is 6.72. The Morgan fingerprint density at radius 1 is 0.974 bits per heavy atom. The molecule has 1 aliphatic rings. The third-order valence-electron chi connectivity index (χ3n) is 6.82. The Hall–Kier alpha value is -4.27. The van der Waals surface area contributed by atoms with E-state index in [2.05, 4.69) is 16.3 Å². The lowest BCUT2D eigenvalue weighted by Crippen LogP contribution is -2.35. The van der Waals surface area contributed by atoms with E-state index in [1.165, 1.54) is 6.92 Å². The van der Waals surface area contributed by atoms with Gasteiger partial charge in [-0.2, -0.15) is 0 Å². The Balaban J connectivity index is 1.56. The highest BCUT2D eigenvalue weighted by Gasteiger charge is 2.23. The number of para-hydroxylation sites is 1. The van der Waals surface area contributed by atoms with Crippen LogP contribution in [0.25, 0.3) is 38.4 Å². The van der Waals surface area contributed by atoms with Crippen LogP contribution in [0.4, 0.5) is 10.7 Å². The average Bonchev–Trinajstić information content (AvgIpc) is 3.40. The zero-order valence-corrected chi connectivity index (χ0v) is 22.6. The highest BCUT2D eigenvalue weighted by atomic mass is 32.1. The minimum Gasteiger partial charge on any atom is -0.378 e. The second kappa shape index (κ2) is 10.5. The molecule has 3 heterocycles. The van der Waals surface area contributed by atoms with Crippen molar-refractivity contribution in [2.24, 2.45) is 0 Å². The molecule has 0 spiro atoms. The number of hydrogen-bond donors (Lipinski definition) is 1. The number of aryl methyl sites for hydroxylation is 1. The number of anilines is 2. The van der Waals surface area contributed by atoms with Crippen molar-refractivity contribution in [1.29, 1.82) is 0 Å². The van der Waals surface area contributed by atoms with E-state index in [-0.39, 0.29) is 11.5 Å². The van der Waals surface area contributed by atoms with Gasteiger partial charge >= 0.3 is 0 Å². The summed E-state index contributed by atoms with van der Waals surface area (Å²) in [6.07, 6.45) is 0. The molecule has 0 atom stereocenters. The van der Waals surface area contributed by atoms with Crippen molar-refractivity contribution in [2.75, 3.05) is 36.5 Å². The van der Waals surface area contributed by atoms with Crippen LogP contribution in [0.2, 0.25) is 0 Å². The monoisotopic (exact) mass is 536 g/mol. The van der Waals surface area contributed by atoms with Gasteiger partial charge in [-0.05, 0) is 55.0 Å². The normalized spacial score (nSPS) is 13.5. The van der Waals surface area contributed by atoms with Gasteiger partial charge in [0.2, 0.25) is 5.91 Å². The fraction of sp³-hybridized carbons (Fsp3) is 0.194. The Labute approximate surface area is 230 Å². The molecule has 1 amide bonds. The van der Waals surface area contributed by atoms with Gasteiger partial charge in [0.15, 0.2) is 5.82 Å². The molecular formula is C31H28N4O3S. The standard InChI is InChI=1S/C31H28N4O3S/c1-20-7-13-24(14-8-20)35-29(33-27-6-4-3-5-25(27)30(35)37)28-19-26(31(39-28)34-15-17-38-18-16-34)22-9-11-23(12-10-22)32-21(2)36/h3-14,19H,15-18H2,1-2H3,(H,32,36). The summed E-state index contributed by atoms with van der Waals surface area (Å²) in [7, 11) is 0. The molecule has 0 bridgehead atoms. The minimum atomic E-state index is -0.106. The molecule has 1 saturated heterocycles. The van der Waals surface area contributed by atoms with Crippen LogP contribution in [0.15, 0.2) is 83.7 Å². The van der Waals surface area contributed by atoms with Gasteiger partial charge in [-0.1, -0.05) is 42.0 Å². The number of ether oxygens (including phenoxy) is 1. The number of rotatable bonds is 5. The van der Waals surface area contributed by atoms with Gasteiger partial charge in [-0.3, -0.25) is 14.2 Å². The van der Waals surface area contributed by atoms with E-state index < -0.39 is 0 Å². The van der Waals surface area contributed by atoms with Gasteiger partial charge < -0.3 is 15.0 Å². The molecule has 8 heteroatoms. The number of thiophene rings is 1. The predicted octanol–water partition coefficient (Wildman–Crippen LogP) is 5.88. The summed E-state index contributed by atoms with van der Waals surface area (Å²) < 4.78 is 7.35. The van der Waals surface area contributed by atoms with Crippen molar-refractivity contribution in [1.82, 2.24) is 9.55 Å². The first kappa shape index (κ1) is 25.0.